The lowest BCUT2D eigenvalue weighted by Gasteiger charge is -2.29. The Morgan fingerprint density at radius 2 is 2.20 bits per heavy atom. The predicted molar refractivity (Wildman–Crippen MR) is 60.4 cm³/mol. The summed E-state index contributed by atoms with van der Waals surface area (Å²) in [6, 6.07) is 9.00. The zero-order valence-corrected chi connectivity index (χ0v) is 8.73. The molecule has 0 radical (unpaired) electrons. The van der Waals surface area contributed by atoms with E-state index in [1.807, 2.05) is 6.07 Å². The van der Waals surface area contributed by atoms with Gasteiger partial charge in [-0.3, -0.25) is 0 Å². The number of ether oxygens (including phenoxy) is 1. The van der Waals surface area contributed by atoms with E-state index in [4.69, 9.17) is 4.74 Å². The third kappa shape index (κ3) is 1.31. The molecule has 0 bridgehead atoms. The van der Waals surface area contributed by atoms with Crippen molar-refractivity contribution >= 4 is 10.9 Å². The molecule has 0 unspecified atom stereocenters. The molecule has 0 spiro atoms. The standard InChI is InChI=1S/C12H14N2O/c1-15-11-2-3-12-9(6-11)4-5-14(12)10-7-13-8-10/h2-6,10,13H,7-8H2,1H3. The molecule has 0 atom stereocenters. The Hall–Kier alpha value is -1.48. The molecule has 1 fully saturated rings. The van der Waals surface area contributed by atoms with Crippen LogP contribution >= 0.6 is 0 Å². The van der Waals surface area contributed by atoms with Crippen molar-refractivity contribution in [2.45, 2.75) is 6.04 Å². The third-order valence-corrected chi connectivity index (χ3v) is 3.08. The normalized spacial score (nSPS) is 16.6. The smallest absolute Gasteiger partial charge is 0.119 e. The summed E-state index contributed by atoms with van der Waals surface area (Å²) in [5.74, 6) is 0.923. The summed E-state index contributed by atoms with van der Waals surface area (Å²) in [5, 5.41) is 4.54. The van der Waals surface area contributed by atoms with Crippen molar-refractivity contribution in [2.75, 3.05) is 20.2 Å². The molecular formula is C12H14N2O. The van der Waals surface area contributed by atoms with Crippen molar-refractivity contribution in [3.63, 3.8) is 0 Å². The van der Waals surface area contributed by atoms with Gasteiger partial charge in [0.2, 0.25) is 0 Å². The van der Waals surface area contributed by atoms with Gasteiger partial charge in [0.15, 0.2) is 0 Å². The largest absolute Gasteiger partial charge is 0.497 e. The van der Waals surface area contributed by atoms with Gasteiger partial charge in [-0.05, 0) is 24.3 Å². The lowest BCUT2D eigenvalue weighted by Crippen LogP contribution is -2.43. The minimum Gasteiger partial charge on any atom is -0.497 e. The highest BCUT2D eigenvalue weighted by Gasteiger charge is 2.19. The molecule has 1 saturated heterocycles. The van der Waals surface area contributed by atoms with Gasteiger partial charge in [0.1, 0.15) is 5.75 Å². The van der Waals surface area contributed by atoms with Crippen molar-refractivity contribution < 1.29 is 4.74 Å². The molecule has 3 nitrogen and oxygen atoms in total. The molecule has 1 N–H and O–H groups in total. The van der Waals surface area contributed by atoms with Crippen molar-refractivity contribution in [1.29, 1.82) is 0 Å². The fraction of sp³-hybridized carbons (Fsp3) is 0.333. The van der Waals surface area contributed by atoms with Crippen LogP contribution in [0.3, 0.4) is 0 Å². The zero-order chi connectivity index (χ0) is 10.3. The Balaban J connectivity index is 2.09. The maximum atomic E-state index is 5.21. The number of hydrogen-bond acceptors (Lipinski definition) is 2. The molecule has 1 aromatic carbocycles. The number of aromatic nitrogens is 1. The minimum atomic E-state index is 0.621. The number of rotatable bonds is 2. The molecule has 0 saturated carbocycles. The number of hydrogen-bond donors (Lipinski definition) is 1. The van der Waals surface area contributed by atoms with Gasteiger partial charge >= 0.3 is 0 Å². The molecule has 3 heteroatoms. The van der Waals surface area contributed by atoms with Crippen molar-refractivity contribution in [3.8, 4) is 5.75 Å². The SMILES string of the molecule is COc1ccc2c(ccn2C2CNC2)c1. The van der Waals surface area contributed by atoms with E-state index in [0.717, 1.165) is 18.8 Å². The molecule has 1 aliphatic heterocycles. The first kappa shape index (κ1) is 8.80. The topological polar surface area (TPSA) is 26.2 Å². The van der Waals surface area contributed by atoms with Crippen LogP contribution in [0.4, 0.5) is 0 Å². The predicted octanol–water partition coefficient (Wildman–Crippen LogP) is 1.79. The first-order valence-corrected chi connectivity index (χ1v) is 5.24. The van der Waals surface area contributed by atoms with Crippen LogP contribution in [-0.4, -0.2) is 24.8 Å². The van der Waals surface area contributed by atoms with Gasteiger partial charge in [-0.2, -0.15) is 0 Å². The van der Waals surface area contributed by atoms with Gasteiger partial charge in [-0.1, -0.05) is 0 Å². The Bertz CT molecular complexity index is 485. The van der Waals surface area contributed by atoms with Crippen LogP contribution in [0.25, 0.3) is 10.9 Å². The quantitative estimate of drug-likeness (QED) is 0.803. The molecular weight excluding hydrogens is 188 g/mol. The molecule has 0 aliphatic carbocycles. The van der Waals surface area contributed by atoms with Crippen LogP contribution in [0.2, 0.25) is 0 Å². The molecule has 1 aliphatic rings. The summed E-state index contributed by atoms with van der Waals surface area (Å²) in [7, 11) is 1.70. The molecule has 0 amide bonds. The highest BCUT2D eigenvalue weighted by Crippen LogP contribution is 2.25. The second-order valence-corrected chi connectivity index (χ2v) is 3.96. The molecule has 1 aromatic heterocycles. The van der Waals surface area contributed by atoms with Crippen LogP contribution in [0, 0.1) is 0 Å². The number of methoxy groups -OCH3 is 1. The number of nitrogens with one attached hydrogen (secondary N) is 1. The average molecular weight is 202 g/mol. The van der Waals surface area contributed by atoms with Gasteiger partial charge in [-0.15, -0.1) is 0 Å². The van der Waals surface area contributed by atoms with Crippen LogP contribution in [0.15, 0.2) is 30.5 Å². The van der Waals surface area contributed by atoms with Crippen LogP contribution in [0.1, 0.15) is 6.04 Å². The van der Waals surface area contributed by atoms with Gasteiger partial charge < -0.3 is 14.6 Å². The maximum Gasteiger partial charge on any atom is 0.119 e. The van der Waals surface area contributed by atoms with Crippen molar-refractivity contribution in [3.05, 3.63) is 30.5 Å². The Kier molecular flexibility index (Phi) is 1.92. The minimum absolute atomic E-state index is 0.621. The first-order valence-electron chi connectivity index (χ1n) is 5.24. The van der Waals surface area contributed by atoms with E-state index in [1.165, 1.54) is 10.9 Å². The fourth-order valence-corrected chi connectivity index (χ4v) is 2.06. The van der Waals surface area contributed by atoms with E-state index < -0.39 is 0 Å². The zero-order valence-electron chi connectivity index (χ0n) is 8.73. The van der Waals surface area contributed by atoms with Crippen molar-refractivity contribution in [2.24, 2.45) is 0 Å². The first-order chi connectivity index (χ1) is 7.38. The molecule has 2 heterocycles. The summed E-state index contributed by atoms with van der Waals surface area (Å²) in [5.41, 5.74) is 1.29. The maximum absolute atomic E-state index is 5.21. The van der Waals surface area contributed by atoms with Gasteiger partial charge in [0.05, 0.1) is 13.2 Å². The Morgan fingerprint density at radius 1 is 1.33 bits per heavy atom. The van der Waals surface area contributed by atoms with Crippen LogP contribution in [0.5, 0.6) is 5.75 Å². The van der Waals surface area contributed by atoms with E-state index in [1.54, 1.807) is 7.11 Å². The molecule has 78 valence electrons. The van der Waals surface area contributed by atoms with E-state index >= 15 is 0 Å². The lowest BCUT2D eigenvalue weighted by atomic mass is 10.1. The Labute approximate surface area is 88.6 Å². The number of nitrogens with zero attached hydrogens (tertiary/aromatic N) is 1. The van der Waals surface area contributed by atoms with Gasteiger partial charge in [0.25, 0.3) is 0 Å². The monoisotopic (exact) mass is 202 g/mol. The van der Waals surface area contributed by atoms with E-state index in [0.29, 0.717) is 6.04 Å². The molecule has 2 aromatic rings. The highest BCUT2D eigenvalue weighted by atomic mass is 16.5. The van der Waals surface area contributed by atoms with Crippen LogP contribution in [-0.2, 0) is 0 Å². The summed E-state index contributed by atoms with van der Waals surface area (Å²) < 4.78 is 7.55. The lowest BCUT2D eigenvalue weighted by molar-refractivity contribution is 0.352. The second kappa shape index (κ2) is 3.28. The second-order valence-electron chi connectivity index (χ2n) is 3.96. The number of fused-ring (bicyclic) bond motifs is 1. The average Bonchev–Trinajstić information content (AvgIpc) is 2.59. The van der Waals surface area contributed by atoms with Gasteiger partial charge in [0, 0.05) is 30.2 Å². The third-order valence-electron chi connectivity index (χ3n) is 3.08. The fourth-order valence-electron chi connectivity index (χ4n) is 2.06. The summed E-state index contributed by atoms with van der Waals surface area (Å²) >= 11 is 0. The van der Waals surface area contributed by atoms with Crippen molar-refractivity contribution in [1.82, 2.24) is 9.88 Å². The van der Waals surface area contributed by atoms with E-state index in [-0.39, 0.29) is 0 Å². The summed E-state index contributed by atoms with van der Waals surface area (Å²) in [6.07, 6.45) is 2.16. The summed E-state index contributed by atoms with van der Waals surface area (Å²) in [6.45, 7) is 2.16. The summed E-state index contributed by atoms with van der Waals surface area (Å²) in [4.78, 5) is 0. The molecule has 15 heavy (non-hydrogen) atoms. The Morgan fingerprint density at radius 3 is 2.87 bits per heavy atom. The number of benzene rings is 1. The molecule has 3 rings (SSSR count). The van der Waals surface area contributed by atoms with Gasteiger partial charge in [-0.25, -0.2) is 0 Å². The van der Waals surface area contributed by atoms with E-state index in [9.17, 15) is 0 Å². The highest BCUT2D eigenvalue weighted by molar-refractivity contribution is 5.81. The van der Waals surface area contributed by atoms with Crippen LogP contribution < -0.4 is 10.1 Å². The van der Waals surface area contributed by atoms with E-state index in [2.05, 4.69) is 34.3 Å².